The number of pyridine rings is 2. The molecule has 0 aromatic carbocycles. The first-order chi connectivity index (χ1) is 15.6. The Balaban J connectivity index is 0.00000162. The molecule has 0 bridgehead atoms. The number of nitrogens with one attached hydrogen (secondary N) is 1. The van der Waals surface area contributed by atoms with Gasteiger partial charge in [-0.25, -0.2) is 4.98 Å². The third-order valence-corrected chi connectivity index (χ3v) is 6.37. The molecule has 0 spiro atoms. The number of hydrogen-bond donors (Lipinski definition) is 1. The van der Waals surface area contributed by atoms with Crippen LogP contribution in [0.5, 0.6) is 0 Å². The molecule has 0 atom stereocenters. The molecule has 1 fully saturated rings. The second-order valence-corrected chi connectivity index (χ2v) is 8.79. The quantitative estimate of drug-likeness (QED) is 0.629. The summed E-state index contributed by atoms with van der Waals surface area (Å²) in [7, 11) is 0. The molecule has 0 unspecified atom stereocenters. The number of allylic oxidation sites excluding steroid dienone is 2. The lowest BCUT2D eigenvalue weighted by atomic mass is 9.90. The van der Waals surface area contributed by atoms with Crippen molar-refractivity contribution in [3.05, 3.63) is 71.5 Å². The topological polar surface area (TPSA) is 62.5 Å². The van der Waals surface area contributed by atoms with Gasteiger partial charge in [-0.3, -0.25) is 9.78 Å². The summed E-state index contributed by atoms with van der Waals surface area (Å²) in [6.45, 7) is 10.2. The second kappa shape index (κ2) is 8.71. The summed E-state index contributed by atoms with van der Waals surface area (Å²) in [5.41, 5.74) is 8.52. The number of ketones is 1. The summed E-state index contributed by atoms with van der Waals surface area (Å²) in [6.07, 6.45) is 10.7. The fraction of sp³-hybridized carbons (Fsp3) is 0.346. The number of Topliss-reactive ketones (excluding diaryl/α,β-unsaturated/α-hetero) is 1. The molecule has 3 aromatic rings. The van der Waals surface area contributed by atoms with Crippen LogP contribution in [0.3, 0.4) is 0 Å². The van der Waals surface area contributed by atoms with Gasteiger partial charge in [0, 0.05) is 71.7 Å². The van der Waals surface area contributed by atoms with Crippen molar-refractivity contribution in [2.75, 3.05) is 31.1 Å². The zero-order valence-electron chi connectivity index (χ0n) is 18.6. The van der Waals surface area contributed by atoms with Gasteiger partial charge < -0.3 is 14.6 Å². The van der Waals surface area contributed by atoms with E-state index in [0.29, 0.717) is 12.8 Å². The number of rotatable bonds is 6. The van der Waals surface area contributed by atoms with Gasteiger partial charge in [0.15, 0.2) is 0 Å². The third-order valence-electron chi connectivity index (χ3n) is 6.37. The molecular formula is C26H33N5O. The first kappa shape index (κ1) is 20.6. The summed E-state index contributed by atoms with van der Waals surface area (Å²) in [6, 6.07) is 6.10. The Morgan fingerprint density at radius 1 is 1.19 bits per heavy atom. The predicted molar refractivity (Wildman–Crippen MR) is 133 cm³/mol. The van der Waals surface area contributed by atoms with Crippen LogP contribution in [0.1, 0.15) is 44.6 Å². The highest BCUT2D eigenvalue weighted by Gasteiger charge is 2.21. The van der Waals surface area contributed by atoms with Crippen LogP contribution < -0.4 is 10.2 Å². The molecule has 1 N–H and O–H groups in total. The van der Waals surface area contributed by atoms with Crippen molar-refractivity contribution < 1.29 is 7.65 Å². The van der Waals surface area contributed by atoms with Gasteiger partial charge in [-0.2, -0.15) is 0 Å². The highest BCUT2D eigenvalue weighted by molar-refractivity contribution is 5.91. The van der Waals surface area contributed by atoms with Crippen LogP contribution in [-0.4, -0.2) is 46.3 Å². The van der Waals surface area contributed by atoms with Crippen LogP contribution in [0, 0.1) is 6.92 Å². The van der Waals surface area contributed by atoms with Crippen LogP contribution in [0.4, 0.5) is 5.69 Å². The standard InChI is InChI=1S/C26H29N5O.2H2/c1-18(21-4-6-26-29-19(2)16-31(26)17-21)13-22(32)14-20-3-5-23-24(15-20)28-8-7-25(23)30-11-9-27-10-12-30;;/h4,6-8,15-17,27H,1,3,5,9-14H2,2H3;2*1H. The van der Waals surface area contributed by atoms with Crippen LogP contribution in [-0.2, 0) is 11.2 Å². The van der Waals surface area contributed by atoms with Crippen molar-refractivity contribution >= 4 is 28.8 Å². The van der Waals surface area contributed by atoms with Crippen LogP contribution in [0.2, 0.25) is 0 Å². The zero-order valence-corrected chi connectivity index (χ0v) is 18.6. The minimum atomic E-state index is 0. The van der Waals surface area contributed by atoms with Gasteiger partial charge in [0.1, 0.15) is 11.4 Å². The van der Waals surface area contributed by atoms with E-state index in [0.717, 1.165) is 67.2 Å². The van der Waals surface area contributed by atoms with E-state index < -0.39 is 0 Å². The fourth-order valence-corrected chi connectivity index (χ4v) is 4.75. The van der Waals surface area contributed by atoms with E-state index in [1.807, 2.05) is 42.0 Å². The van der Waals surface area contributed by atoms with Crippen LogP contribution in [0.25, 0.3) is 17.3 Å². The van der Waals surface area contributed by atoms with Crippen molar-refractivity contribution in [2.24, 2.45) is 0 Å². The molecule has 2 aliphatic rings. The molecular weight excluding hydrogens is 398 g/mol. The van der Waals surface area contributed by atoms with Crippen LogP contribution >= 0.6 is 0 Å². The van der Waals surface area contributed by atoms with Crippen molar-refractivity contribution in [2.45, 2.75) is 32.6 Å². The maximum atomic E-state index is 12.8. The summed E-state index contributed by atoms with van der Waals surface area (Å²) in [5, 5.41) is 3.41. The van der Waals surface area contributed by atoms with Gasteiger partial charge >= 0.3 is 0 Å². The van der Waals surface area contributed by atoms with E-state index in [2.05, 4.69) is 38.9 Å². The van der Waals surface area contributed by atoms with Gasteiger partial charge in [-0.1, -0.05) is 12.2 Å². The molecule has 168 valence electrons. The molecule has 1 aliphatic carbocycles. The summed E-state index contributed by atoms with van der Waals surface area (Å²) < 4.78 is 1.99. The normalized spacial score (nSPS) is 16.0. The Hall–Kier alpha value is -3.25. The molecule has 0 saturated carbocycles. The smallest absolute Gasteiger partial charge is 0.141 e. The number of anilines is 1. The van der Waals surface area contributed by atoms with E-state index in [9.17, 15) is 4.79 Å². The molecule has 1 aliphatic heterocycles. The van der Waals surface area contributed by atoms with E-state index in [1.165, 1.54) is 16.8 Å². The van der Waals surface area contributed by atoms with Gasteiger partial charge in [0.2, 0.25) is 0 Å². The van der Waals surface area contributed by atoms with Crippen molar-refractivity contribution in [3.8, 4) is 0 Å². The zero-order chi connectivity index (χ0) is 22.1. The van der Waals surface area contributed by atoms with Crippen LogP contribution in [0.15, 0.2) is 48.9 Å². The highest BCUT2D eigenvalue weighted by atomic mass is 16.1. The lowest BCUT2D eigenvalue weighted by Gasteiger charge is -2.32. The Labute approximate surface area is 191 Å². The molecule has 5 rings (SSSR count). The van der Waals surface area contributed by atoms with E-state index in [-0.39, 0.29) is 8.64 Å². The Morgan fingerprint density at radius 2 is 2.03 bits per heavy atom. The maximum Gasteiger partial charge on any atom is 0.141 e. The number of fused-ring (bicyclic) bond motifs is 2. The molecule has 6 nitrogen and oxygen atoms in total. The number of aryl methyl sites for hydroxylation is 1. The molecule has 1 saturated heterocycles. The van der Waals surface area contributed by atoms with E-state index >= 15 is 0 Å². The van der Waals surface area contributed by atoms with E-state index in [1.54, 1.807) is 0 Å². The van der Waals surface area contributed by atoms with Crippen molar-refractivity contribution in [1.82, 2.24) is 19.7 Å². The highest BCUT2D eigenvalue weighted by Crippen LogP contribution is 2.32. The van der Waals surface area contributed by atoms with Gasteiger partial charge in [-0.15, -0.1) is 0 Å². The summed E-state index contributed by atoms with van der Waals surface area (Å²) in [4.78, 5) is 24.3. The number of piperazine rings is 1. The largest absolute Gasteiger partial charge is 0.369 e. The van der Waals surface area contributed by atoms with Gasteiger partial charge in [0.05, 0.1) is 11.4 Å². The average Bonchev–Trinajstić information content (AvgIpc) is 3.18. The van der Waals surface area contributed by atoms with Gasteiger partial charge in [0.25, 0.3) is 0 Å². The minimum Gasteiger partial charge on any atom is -0.369 e. The maximum absolute atomic E-state index is 12.8. The Morgan fingerprint density at radius 3 is 2.88 bits per heavy atom. The number of aromatic nitrogens is 3. The molecule has 4 heterocycles. The van der Waals surface area contributed by atoms with Gasteiger partial charge in [-0.05, 0) is 55.2 Å². The number of hydrogen-bond acceptors (Lipinski definition) is 5. The van der Waals surface area contributed by atoms with Crippen molar-refractivity contribution in [3.63, 3.8) is 0 Å². The predicted octanol–water partition coefficient (Wildman–Crippen LogP) is 4.33. The van der Waals surface area contributed by atoms with Crippen molar-refractivity contribution in [1.29, 1.82) is 0 Å². The Kier molecular flexibility index (Phi) is 5.62. The number of imidazole rings is 1. The second-order valence-electron chi connectivity index (χ2n) is 8.79. The monoisotopic (exact) mass is 431 g/mol. The number of nitrogens with zero attached hydrogens (tertiary/aromatic N) is 4. The first-order valence-corrected chi connectivity index (χ1v) is 11.3. The lowest BCUT2D eigenvalue weighted by molar-refractivity contribution is -0.117. The fourth-order valence-electron chi connectivity index (χ4n) is 4.75. The lowest BCUT2D eigenvalue weighted by Crippen LogP contribution is -2.44. The van der Waals surface area contributed by atoms with E-state index in [4.69, 9.17) is 0 Å². The average molecular weight is 432 g/mol. The molecule has 32 heavy (non-hydrogen) atoms. The number of carbonyl (C=O) groups excluding carboxylic acids is 1. The molecule has 0 radical (unpaired) electrons. The SMILES string of the molecule is C=C(CC(=O)CC1=Cc2nccc(N3CCNCC3)c2CC1)c1ccc2nc(C)cn2c1.[HH].[HH]. The number of carbonyl (C=O) groups is 1. The molecule has 3 aromatic heterocycles. The first-order valence-electron chi connectivity index (χ1n) is 11.3. The summed E-state index contributed by atoms with van der Waals surface area (Å²) >= 11 is 0. The Bertz CT molecular complexity index is 1230. The summed E-state index contributed by atoms with van der Waals surface area (Å²) in [5.74, 6) is 0.199. The molecule has 6 heteroatoms. The third kappa shape index (κ3) is 4.23. The molecule has 0 amide bonds. The minimum absolute atomic E-state index is 0.